The van der Waals surface area contributed by atoms with Gasteiger partial charge in [0, 0.05) is 0 Å². The number of rotatable bonds is 4. The van der Waals surface area contributed by atoms with Gasteiger partial charge in [0.25, 0.3) is 11.8 Å². The molecule has 2 atom stereocenters. The Hall–Kier alpha value is -3.22. The van der Waals surface area contributed by atoms with Crippen molar-refractivity contribution in [1.29, 1.82) is 0 Å². The zero-order valence-electron chi connectivity index (χ0n) is 17.0. The minimum atomic E-state index is -0.855. The van der Waals surface area contributed by atoms with E-state index in [1.165, 1.54) is 5.56 Å². The van der Waals surface area contributed by atoms with Gasteiger partial charge in [0.1, 0.15) is 12.4 Å². The van der Waals surface area contributed by atoms with E-state index in [1.807, 2.05) is 30.3 Å². The Morgan fingerprint density at radius 3 is 2.34 bits per heavy atom. The van der Waals surface area contributed by atoms with Crippen molar-refractivity contribution in [2.75, 3.05) is 6.61 Å². The summed E-state index contributed by atoms with van der Waals surface area (Å²) in [6, 6.07) is 14.7. The standard InChI is InChI=1S/C22H26N2O5/c1-14(28-16-11-9-15(10-12-16)22(2,3)4)20(25)23-24-21(26)19-13-27-17-7-5-6-8-18(17)29-19/h5-12,14,19H,13H2,1-4H3,(H,23,25)(H,24,26). The quantitative estimate of drug-likeness (QED) is 0.774. The van der Waals surface area contributed by atoms with E-state index in [1.54, 1.807) is 25.1 Å². The number of amides is 2. The van der Waals surface area contributed by atoms with E-state index >= 15 is 0 Å². The van der Waals surface area contributed by atoms with Gasteiger partial charge in [-0.3, -0.25) is 20.4 Å². The molecule has 1 aliphatic heterocycles. The number of fused-ring (bicyclic) bond motifs is 1. The van der Waals surface area contributed by atoms with Crippen LogP contribution in [0.1, 0.15) is 33.3 Å². The summed E-state index contributed by atoms with van der Waals surface area (Å²) >= 11 is 0. The van der Waals surface area contributed by atoms with E-state index in [0.717, 1.165) is 0 Å². The van der Waals surface area contributed by atoms with Gasteiger partial charge >= 0.3 is 0 Å². The molecule has 1 heterocycles. The Balaban J connectivity index is 1.48. The van der Waals surface area contributed by atoms with Crippen LogP contribution in [0, 0.1) is 0 Å². The second-order valence-corrected chi connectivity index (χ2v) is 7.88. The highest BCUT2D eigenvalue weighted by Crippen LogP contribution is 2.30. The second-order valence-electron chi connectivity index (χ2n) is 7.88. The molecule has 2 unspecified atom stereocenters. The van der Waals surface area contributed by atoms with Crippen molar-refractivity contribution in [1.82, 2.24) is 10.9 Å². The van der Waals surface area contributed by atoms with E-state index in [2.05, 4.69) is 31.6 Å². The number of nitrogens with one attached hydrogen (secondary N) is 2. The van der Waals surface area contributed by atoms with Crippen molar-refractivity contribution >= 4 is 11.8 Å². The first-order valence-electron chi connectivity index (χ1n) is 9.49. The highest BCUT2D eigenvalue weighted by molar-refractivity contribution is 5.86. The molecule has 0 spiro atoms. The highest BCUT2D eigenvalue weighted by atomic mass is 16.6. The van der Waals surface area contributed by atoms with Gasteiger partial charge in [-0.1, -0.05) is 45.0 Å². The van der Waals surface area contributed by atoms with Crippen molar-refractivity contribution in [3.05, 3.63) is 54.1 Å². The van der Waals surface area contributed by atoms with E-state index in [0.29, 0.717) is 17.2 Å². The summed E-state index contributed by atoms with van der Waals surface area (Å²) in [4.78, 5) is 24.5. The largest absolute Gasteiger partial charge is 0.485 e. The van der Waals surface area contributed by atoms with Crippen LogP contribution in [-0.2, 0) is 15.0 Å². The van der Waals surface area contributed by atoms with Crippen LogP contribution in [-0.4, -0.2) is 30.6 Å². The van der Waals surface area contributed by atoms with Crippen LogP contribution in [0.3, 0.4) is 0 Å². The molecule has 3 rings (SSSR count). The topological polar surface area (TPSA) is 85.9 Å². The summed E-state index contributed by atoms with van der Waals surface area (Å²) in [6.07, 6.45) is -1.65. The third-order valence-electron chi connectivity index (χ3n) is 4.51. The van der Waals surface area contributed by atoms with Gasteiger partial charge in [-0.2, -0.15) is 0 Å². The first kappa shape index (κ1) is 20.5. The average molecular weight is 398 g/mol. The fraction of sp³-hybridized carbons (Fsp3) is 0.364. The monoisotopic (exact) mass is 398 g/mol. The molecule has 2 aromatic carbocycles. The molecule has 0 saturated carbocycles. The molecule has 1 aliphatic rings. The lowest BCUT2D eigenvalue weighted by Crippen LogP contribution is -2.53. The number of ether oxygens (including phenoxy) is 3. The molecule has 0 aliphatic carbocycles. The number of benzene rings is 2. The SMILES string of the molecule is CC(Oc1ccc(C(C)(C)C)cc1)C(=O)NNC(=O)C1COc2ccccc2O1. The molecule has 2 N–H and O–H groups in total. The van der Waals surface area contributed by atoms with Gasteiger partial charge < -0.3 is 14.2 Å². The predicted molar refractivity (Wildman–Crippen MR) is 108 cm³/mol. The van der Waals surface area contributed by atoms with Crippen molar-refractivity contribution < 1.29 is 23.8 Å². The first-order chi connectivity index (χ1) is 13.7. The van der Waals surface area contributed by atoms with E-state index in [4.69, 9.17) is 14.2 Å². The molecular formula is C22H26N2O5. The van der Waals surface area contributed by atoms with Crippen LogP contribution >= 0.6 is 0 Å². The van der Waals surface area contributed by atoms with Gasteiger partial charge in [0.15, 0.2) is 17.6 Å². The van der Waals surface area contributed by atoms with E-state index in [9.17, 15) is 9.59 Å². The molecule has 0 radical (unpaired) electrons. The second kappa shape index (κ2) is 8.43. The Bertz CT molecular complexity index is 874. The number of hydrogen-bond acceptors (Lipinski definition) is 5. The maximum Gasteiger partial charge on any atom is 0.283 e. The molecule has 0 aromatic heterocycles. The van der Waals surface area contributed by atoms with Crippen molar-refractivity contribution in [2.45, 2.75) is 45.3 Å². The number of para-hydroxylation sites is 2. The van der Waals surface area contributed by atoms with Crippen LogP contribution in [0.5, 0.6) is 17.2 Å². The Labute approximate surface area is 170 Å². The van der Waals surface area contributed by atoms with Gasteiger partial charge in [0.2, 0.25) is 6.10 Å². The molecule has 7 heteroatoms. The van der Waals surface area contributed by atoms with Gasteiger partial charge in [-0.25, -0.2) is 0 Å². The van der Waals surface area contributed by atoms with Gasteiger partial charge in [-0.05, 0) is 42.2 Å². The lowest BCUT2D eigenvalue weighted by atomic mass is 9.87. The lowest BCUT2D eigenvalue weighted by molar-refractivity contribution is -0.137. The summed E-state index contributed by atoms with van der Waals surface area (Å²) in [5.41, 5.74) is 5.93. The zero-order chi connectivity index (χ0) is 21.0. The summed E-state index contributed by atoms with van der Waals surface area (Å²) < 4.78 is 16.8. The molecule has 0 saturated heterocycles. The minimum absolute atomic E-state index is 0.0389. The maximum atomic E-state index is 12.3. The number of hydrogen-bond donors (Lipinski definition) is 2. The Kier molecular flexibility index (Phi) is 5.96. The van der Waals surface area contributed by atoms with Crippen LogP contribution in [0.25, 0.3) is 0 Å². The van der Waals surface area contributed by atoms with Gasteiger partial charge in [-0.15, -0.1) is 0 Å². The Morgan fingerprint density at radius 2 is 1.69 bits per heavy atom. The predicted octanol–water partition coefficient (Wildman–Crippen LogP) is 2.74. The zero-order valence-corrected chi connectivity index (χ0v) is 17.0. The van der Waals surface area contributed by atoms with Crippen molar-refractivity contribution in [3.8, 4) is 17.2 Å². The van der Waals surface area contributed by atoms with Crippen LogP contribution in [0.4, 0.5) is 0 Å². The van der Waals surface area contributed by atoms with E-state index in [-0.39, 0.29) is 12.0 Å². The molecule has 29 heavy (non-hydrogen) atoms. The normalized spacial score (nSPS) is 16.5. The summed E-state index contributed by atoms with van der Waals surface area (Å²) in [6.45, 7) is 8.05. The highest BCUT2D eigenvalue weighted by Gasteiger charge is 2.28. The minimum Gasteiger partial charge on any atom is -0.485 e. The summed E-state index contributed by atoms with van der Waals surface area (Å²) in [5, 5.41) is 0. The Morgan fingerprint density at radius 1 is 1.03 bits per heavy atom. The fourth-order valence-corrected chi connectivity index (χ4v) is 2.75. The molecule has 154 valence electrons. The van der Waals surface area contributed by atoms with Crippen LogP contribution < -0.4 is 25.1 Å². The number of hydrazine groups is 1. The summed E-state index contributed by atoms with van der Waals surface area (Å²) in [5.74, 6) is 0.665. The number of carbonyl (C=O) groups excluding carboxylic acids is 2. The fourth-order valence-electron chi connectivity index (χ4n) is 2.75. The van der Waals surface area contributed by atoms with Gasteiger partial charge in [0.05, 0.1) is 0 Å². The van der Waals surface area contributed by atoms with Crippen molar-refractivity contribution in [2.24, 2.45) is 0 Å². The third-order valence-corrected chi connectivity index (χ3v) is 4.51. The smallest absolute Gasteiger partial charge is 0.283 e. The average Bonchev–Trinajstić information content (AvgIpc) is 2.71. The molecule has 0 bridgehead atoms. The first-order valence-corrected chi connectivity index (χ1v) is 9.49. The third kappa shape index (κ3) is 5.19. The van der Waals surface area contributed by atoms with Crippen LogP contribution in [0.2, 0.25) is 0 Å². The summed E-state index contributed by atoms with van der Waals surface area (Å²) in [7, 11) is 0. The molecule has 2 amide bonds. The lowest BCUT2D eigenvalue weighted by Gasteiger charge is -2.25. The van der Waals surface area contributed by atoms with Crippen molar-refractivity contribution in [3.63, 3.8) is 0 Å². The molecule has 0 fully saturated rings. The maximum absolute atomic E-state index is 12.3. The van der Waals surface area contributed by atoms with E-state index < -0.39 is 24.0 Å². The molecule has 2 aromatic rings. The molecule has 7 nitrogen and oxygen atoms in total. The molecular weight excluding hydrogens is 372 g/mol. The number of carbonyl (C=O) groups is 2. The van der Waals surface area contributed by atoms with Crippen LogP contribution in [0.15, 0.2) is 48.5 Å².